The van der Waals surface area contributed by atoms with Gasteiger partial charge in [0.15, 0.2) is 0 Å². The zero-order chi connectivity index (χ0) is 32.2. The second-order valence-electron chi connectivity index (χ2n) is 12.3. The molecule has 0 aliphatic heterocycles. The molecule has 0 saturated heterocycles. The lowest BCUT2D eigenvalue weighted by Gasteiger charge is -2.13. The van der Waals surface area contributed by atoms with Crippen molar-refractivity contribution in [2.45, 2.75) is 46.7 Å². The highest BCUT2D eigenvalue weighted by Gasteiger charge is 2.19. The fourth-order valence-corrected chi connectivity index (χ4v) is 6.20. The average molecular weight is 622 g/mol. The molecule has 10 heteroatoms. The van der Waals surface area contributed by atoms with Crippen LogP contribution in [0.5, 0.6) is 0 Å². The summed E-state index contributed by atoms with van der Waals surface area (Å²) < 4.78 is 14.2. The minimum Gasteiger partial charge on any atom is -0.339 e. The first-order valence-corrected chi connectivity index (χ1v) is 15.6. The molecule has 0 radical (unpaired) electrons. The highest BCUT2D eigenvalue weighted by molar-refractivity contribution is 5.88. The van der Waals surface area contributed by atoms with Crippen molar-refractivity contribution in [3.63, 3.8) is 0 Å². The lowest BCUT2D eigenvalue weighted by atomic mass is 10.0. The van der Waals surface area contributed by atoms with Gasteiger partial charge in [0.05, 0.1) is 12.1 Å². The summed E-state index contributed by atoms with van der Waals surface area (Å²) in [5, 5.41) is 12.4. The van der Waals surface area contributed by atoms with Crippen LogP contribution in [-0.2, 0) is 13.1 Å². The van der Waals surface area contributed by atoms with Gasteiger partial charge in [-0.05, 0) is 63.0 Å². The zero-order valence-electron chi connectivity index (χ0n) is 26.4. The third-order valence-electron chi connectivity index (χ3n) is 8.49. The van der Waals surface area contributed by atoms with E-state index in [2.05, 4.69) is 93.3 Å². The normalized spacial score (nSPS) is 11.9. The maximum atomic E-state index is 14.2. The Balaban J connectivity index is 1.15. The van der Waals surface area contributed by atoms with E-state index in [1.165, 1.54) is 0 Å². The lowest BCUT2D eigenvalue weighted by Crippen LogP contribution is -2.22. The molecular formula is C37H31N7O3. The van der Waals surface area contributed by atoms with Crippen LogP contribution >= 0.6 is 0 Å². The maximum absolute atomic E-state index is 14.2. The molecule has 232 valence electrons. The van der Waals surface area contributed by atoms with E-state index >= 15 is 0 Å². The van der Waals surface area contributed by atoms with Crippen LogP contribution in [0.25, 0.3) is 55.4 Å². The molecule has 47 heavy (non-hydrogen) atoms. The van der Waals surface area contributed by atoms with Crippen LogP contribution in [0.1, 0.15) is 48.5 Å². The minimum atomic E-state index is -0.0754. The molecule has 4 aromatic heterocycles. The molecule has 0 fully saturated rings. The molecule has 8 rings (SSSR count). The van der Waals surface area contributed by atoms with Crippen LogP contribution in [-0.4, -0.2) is 34.4 Å². The predicted octanol–water partition coefficient (Wildman–Crippen LogP) is 7.44. The summed E-state index contributed by atoms with van der Waals surface area (Å²) in [7, 11) is 0. The Hall–Kier alpha value is -5.90. The zero-order valence-corrected chi connectivity index (χ0v) is 26.4. The molecule has 0 bridgehead atoms. The average Bonchev–Trinajstić information content (AvgIpc) is 3.80. The SMILES string of the molecule is Cc1nc(-c2ccc3ccc(Cn4ccc5nc(C(C)C)n(Cc6ccc7ccc(-c8noc(C)n8)cc7c6)c5c4=O)cc3c2)no1. The van der Waals surface area contributed by atoms with E-state index in [0.717, 1.165) is 49.6 Å². The molecule has 0 aliphatic carbocycles. The van der Waals surface area contributed by atoms with Crippen LogP contribution in [0.4, 0.5) is 0 Å². The lowest BCUT2D eigenvalue weighted by molar-refractivity contribution is 0.394. The van der Waals surface area contributed by atoms with Crippen molar-refractivity contribution in [1.29, 1.82) is 0 Å². The summed E-state index contributed by atoms with van der Waals surface area (Å²) in [5.41, 5.74) is 5.07. The van der Waals surface area contributed by atoms with Crippen LogP contribution in [0.2, 0.25) is 0 Å². The smallest absolute Gasteiger partial charge is 0.277 e. The van der Waals surface area contributed by atoms with E-state index in [-0.39, 0.29) is 11.5 Å². The van der Waals surface area contributed by atoms with Gasteiger partial charge in [-0.1, -0.05) is 72.7 Å². The van der Waals surface area contributed by atoms with Crippen molar-refractivity contribution in [3.05, 3.63) is 124 Å². The van der Waals surface area contributed by atoms with Crippen molar-refractivity contribution in [2.24, 2.45) is 0 Å². The van der Waals surface area contributed by atoms with Crippen LogP contribution < -0.4 is 5.56 Å². The van der Waals surface area contributed by atoms with E-state index in [9.17, 15) is 4.79 Å². The Morgan fingerprint density at radius 3 is 1.74 bits per heavy atom. The van der Waals surface area contributed by atoms with Crippen LogP contribution in [0.3, 0.4) is 0 Å². The molecule has 8 aromatic rings. The van der Waals surface area contributed by atoms with Gasteiger partial charge in [-0.15, -0.1) is 0 Å². The van der Waals surface area contributed by atoms with Crippen molar-refractivity contribution < 1.29 is 9.05 Å². The molecule has 0 N–H and O–H groups in total. The largest absolute Gasteiger partial charge is 0.339 e. The second kappa shape index (κ2) is 11.2. The first kappa shape index (κ1) is 28.6. The molecule has 0 unspecified atom stereocenters. The van der Waals surface area contributed by atoms with E-state index < -0.39 is 0 Å². The minimum absolute atomic E-state index is 0.0754. The van der Waals surface area contributed by atoms with Gasteiger partial charge in [-0.25, -0.2) is 4.98 Å². The third-order valence-corrected chi connectivity index (χ3v) is 8.49. The Morgan fingerprint density at radius 1 is 0.660 bits per heavy atom. The molecule has 0 aliphatic rings. The first-order valence-electron chi connectivity index (χ1n) is 15.6. The van der Waals surface area contributed by atoms with Gasteiger partial charge in [-0.3, -0.25) is 4.79 Å². The third kappa shape index (κ3) is 5.27. The summed E-state index contributed by atoms with van der Waals surface area (Å²) >= 11 is 0. The molecule has 0 amide bonds. The number of hydrogen-bond donors (Lipinski definition) is 0. The van der Waals surface area contributed by atoms with Crippen molar-refractivity contribution in [1.82, 2.24) is 34.4 Å². The van der Waals surface area contributed by atoms with Crippen molar-refractivity contribution >= 4 is 32.6 Å². The van der Waals surface area contributed by atoms with Gasteiger partial charge in [0.25, 0.3) is 5.56 Å². The summed E-state index contributed by atoms with van der Waals surface area (Å²) in [6.07, 6.45) is 1.84. The Morgan fingerprint density at radius 2 is 1.21 bits per heavy atom. The Kier molecular flexibility index (Phi) is 6.79. The number of benzene rings is 4. The number of pyridine rings is 1. The van der Waals surface area contributed by atoms with Gasteiger partial charge in [0.2, 0.25) is 23.4 Å². The van der Waals surface area contributed by atoms with Crippen LogP contribution in [0, 0.1) is 13.8 Å². The fraction of sp³-hybridized carbons (Fsp3) is 0.189. The van der Waals surface area contributed by atoms with Gasteiger partial charge in [-0.2, -0.15) is 9.97 Å². The topological polar surface area (TPSA) is 118 Å². The molecular weight excluding hydrogens is 590 g/mol. The molecule has 4 aromatic carbocycles. The van der Waals surface area contributed by atoms with E-state index in [0.29, 0.717) is 47.6 Å². The molecule has 0 atom stereocenters. The Labute approximate surface area is 269 Å². The number of fused-ring (bicyclic) bond motifs is 3. The highest BCUT2D eigenvalue weighted by atomic mass is 16.5. The fourth-order valence-electron chi connectivity index (χ4n) is 6.20. The monoisotopic (exact) mass is 621 g/mol. The van der Waals surface area contributed by atoms with Gasteiger partial charge in [0.1, 0.15) is 11.3 Å². The van der Waals surface area contributed by atoms with E-state index in [1.807, 2.05) is 30.5 Å². The van der Waals surface area contributed by atoms with Gasteiger partial charge < -0.3 is 18.2 Å². The van der Waals surface area contributed by atoms with Crippen molar-refractivity contribution in [3.8, 4) is 22.8 Å². The number of hydrogen-bond acceptors (Lipinski definition) is 8. The van der Waals surface area contributed by atoms with Gasteiger partial charge >= 0.3 is 0 Å². The number of aryl methyl sites for hydroxylation is 2. The standard InChI is InChI=1S/C37H31N7O3/c1-21(2)36-40-32-13-14-43(19-24-5-7-26-9-11-28(17-30(26)15-24)34-38-22(3)46-41-34)37(45)33(32)44(36)20-25-6-8-27-10-12-29(18-31(27)16-25)35-39-23(4)47-42-35/h5-18,21H,19-20H2,1-4H3. The molecule has 10 nitrogen and oxygen atoms in total. The molecule has 4 heterocycles. The Bertz CT molecular complexity index is 2520. The van der Waals surface area contributed by atoms with E-state index in [4.69, 9.17) is 14.0 Å². The summed E-state index contributed by atoms with van der Waals surface area (Å²) in [6, 6.07) is 26.8. The number of aromatic nitrogens is 7. The summed E-state index contributed by atoms with van der Waals surface area (Å²) in [6.45, 7) is 8.70. The van der Waals surface area contributed by atoms with Crippen LogP contribution in [0.15, 0.2) is 98.9 Å². The first-order chi connectivity index (χ1) is 22.8. The molecule has 0 saturated carbocycles. The predicted molar refractivity (Wildman–Crippen MR) is 180 cm³/mol. The summed E-state index contributed by atoms with van der Waals surface area (Å²) in [5.74, 6) is 3.17. The quantitative estimate of drug-likeness (QED) is 0.180. The van der Waals surface area contributed by atoms with Crippen molar-refractivity contribution in [2.75, 3.05) is 0 Å². The molecule has 0 spiro atoms. The van der Waals surface area contributed by atoms with E-state index in [1.54, 1.807) is 18.4 Å². The number of imidazole rings is 1. The highest BCUT2D eigenvalue weighted by Crippen LogP contribution is 2.27. The summed E-state index contributed by atoms with van der Waals surface area (Å²) in [4.78, 5) is 27.8. The van der Waals surface area contributed by atoms with Gasteiger partial charge in [0, 0.05) is 43.6 Å². The maximum Gasteiger partial charge on any atom is 0.277 e. The number of nitrogens with zero attached hydrogens (tertiary/aromatic N) is 7. The second-order valence-corrected chi connectivity index (χ2v) is 12.3. The number of rotatable bonds is 7.